The van der Waals surface area contributed by atoms with Crippen molar-refractivity contribution < 1.29 is 4.74 Å². The molecule has 1 aliphatic rings. The zero-order valence-corrected chi connectivity index (χ0v) is 11.2. The SMILES string of the molecule is C/C(=C/OCCC1CCCS1)c1ccccc1. The van der Waals surface area contributed by atoms with E-state index in [0.29, 0.717) is 0 Å². The second-order valence-corrected chi connectivity index (χ2v) is 5.87. The summed E-state index contributed by atoms with van der Waals surface area (Å²) in [6.07, 6.45) is 5.84. The van der Waals surface area contributed by atoms with Gasteiger partial charge in [-0.15, -0.1) is 0 Å². The molecule has 0 N–H and O–H groups in total. The zero-order valence-electron chi connectivity index (χ0n) is 10.4. The standard InChI is InChI=1S/C15H20OS/c1-13(14-6-3-2-4-7-14)12-16-10-9-15-8-5-11-17-15/h2-4,6-7,12,15H,5,8-11H2,1H3/b13-12-. The summed E-state index contributed by atoms with van der Waals surface area (Å²) < 4.78 is 5.64. The van der Waals surface area contributed by atoms with Gasteiger partial charge in [0.25, 0.3) is 0 Å². The minimum Gasteiger partial charge on any atom is -0.501 e. The van der Waals surface area contributed by atoms with Crippen LogP contribution >= 0.6 is 11.8 Å². The van der Waals surface area contributed by atoms with E-state index in [4.69, 9.17) is 4.74 Å². The van der Waals surface area contributed by atoms with Gasteiger partial charge in [0.15, 0.2) is 0 Å². The van der Waals surface area contributed by atoms with Crippen LogP contribution in [0.25, 0.3) is 5.57 Å². The fourth-order valence-corrected chi connectivity index (χ4v) is 3.29. The first-order chi connectivity index (χ1) is 8.36. The molecule has 17 heavy (non-hydrogen) atoms. The zero-order chi connectivity index (χ0) is 11.9. The van der Waals surface area contributed by atoms with Crippen molar-refractivity contribution in [1.29, 1.82) is 0 Å². The van der Waals surface area contributed by atoms with Gasteiger partial charge in [-0.1, -0.05) is 30.3 Å². The van der Waals surface area contributed by atoms with Gasteiger partial charge in [0.1, 0.15) is 0 Å². The summed E-state index contributed by atoms with van der Waals surface area (Å²) in [6.45, 7) is 2.95. The Morgan fingerprint density at radius 1 is 1.41 bits per heavy atom. The average molecular weight is 248 g/mol. The number of thioether (sulfide) groups is 1. The predicted octanol–water partition coefficient (Wildman–Crippen LogP) is 4.35. The van der Waals surface area contributed by atoms with Gasteiger partial charge < -0.3 is 4.74 Å². The van der Waals surface area contributed by atoms with Crippen molar-refractivity contribution in [3.8, 4) is 0 Å². The highest BCUT2D eigenvalue weighted by Crippen LogP contribution is 2.28. The normalized spacial score (nSPS) is 20.5. The number of benzene rings is 1. The summed E-state index contributed by atoms with van der Waals surface area (Å²) in [5.41, 5.74) is 2.44. The topological polar surface area (TPSA) is 9.23 Å². The van der Waals surface area contributed by atoms with Gasteiger partial charge in [0.05, 0.1) is 12.9 Å². The molecule has 1 aromatic carbocycles. The second kappa shape index (κ2) is 6.75. The molecule has 1 nitrogen and oxygen atoms in total. The average Bonchev–Trinajstić information content (AvgIpc) is 2.88. The Labute approximate surface area is 108 Å². The third kappa shape index (κ3) is 4.12. The smallest absolute Gasteiger partial charge is 0.0884 e. The molecule has 0 amide bonds. The van der Waals surface area contributed by atoms with Gasteiger partial charge in [-0.25, -0.2) is 0 Å². The molecule has 0 aliphatic carbocycles. The molecular weight excluding hydrogens is 228 g/mol. The summed E-state index contributed by atoms with van der Waals surface area (Å²) in [6, 6.07) is 10.4. The summed E-state index contributed by atoms with van der Waals surface area (Å²) in [4.78, 5) is 0. The molecule has 1 fully saturated rings. The van der Waals surface area contributed by atoms with E-state index in [2.05, 4.69) is 43.0 Å². The van der Waals surface area contributed by atoms with Gasteiger partial charge in [0.2, 0.25) is 0 Å². The van der Waals surface area contributed by atoms with E-state index in [9.17, 15) is 0 Å². The van der Waals surface area contributed by atoms with Crippen molar-refractivity contribution in [2.24, 2.45) is 0 Å². The minimum absolute atomic E-state index is 0.834. The molecule has 1 aliphatic heterocycles. The predicted molar refractivity (Wildman–Crippen MR) is 76.1 cm³/mol. The Kier molecular flexibility index (Phi) is 4.99. The maximum absolute atomic E-state index is 5.64. The molecule has 1 saturated heterocycles. The minimum atomic E-state index is 0.834. The van der Waals surface area contributed by atoms with Gasteiger partial charge in [-0.2, -0.15) is 11.8 Å². The number of hydrogen-bond donors (Lipinski definition) is 0. The fraction of sp³-hybridized carbons (Fsp3) is 0.467. The van der Waals surface area contributed by atoms with E-state index >= 15 is 0 Å². The lowest BCUT2D eigenvalue weighted by Crippen LogP contribution is -2.01. The first-order valence-electron chi connectivity index (χ1n) is 6.31. The second-order valence-electron chi connectivity index (χ2n) is 4.46. The highest BCUT2D eigenvalue weighted by molar-refractivity contribution is 8.00. The van der Waals surface area contributed by atoms with E-state index < -0.39 is 0 Å². The monoisotopic (exact) mass is 248 g/mol. The third-order valence-electron chi connectivity index (χ3n) is 3.07. The van der Waals surface area contributed by atoms with Crippen LogP contribution < -0.4 is 0 Å². The number of ether oxygens (including phenoxy) is 1. The lowest BCUT2D eigenvalue weighted by atomic mass is 10.1. The number of rotatable bonds is 5. The molecule has 2 rings (SSSR count). The highest BCUT2D eigenvalue weighted by atomic mass is 32.2. The Balaban J connectivity index is 1.72. The third-order valence-corrected chi connectivity index (χ3v) is 4.54. The van der Waals surface area contributed by atoms with Crippen LogP contribution in [0, 0.1) is 0 Å². The Morgan fingerprint density at radius 2 is 2.24 bits per heavy atom. The lowest BCUT2D eigenvalue weighted by Gasteiger charge is -2.08. The van der Waals surface area contributed by atoms with Crippen molar-refractivity contribution in [1.82, 2.24) is 0 Å². The number of hydrogen-bond acceptors (Lipinski definition) is 2. The van der Waals surface area contributed by atoms with Crippen LogP contribution in [-0.2, 0) is 4.74 Å². The van der Waals surface area contributed by atoms with E-state index in [1.165, 1.54) is 36.2 Å². The highest BCUT2D eigenvalue weighted by Gasteiger charge is 2.14. The van der Waals surface area contributed by atoms with Crippen molar-refractivity contribution in [3.63, 3.8) is 0 Å². The largest absolute Gasteiger partial charge is 0.501 e. The van der Waals surface area contributed by atoms with Crippen LogP contribution in [0.15, 0.2) is 36.6 Å². The summed E-state index contributed by atoms with van der Waals surface area (Å²) >= 11 is 2.10. The molecule has 1 atom stereocenters. The van der Waals surface area contributed by atoms with Gasteiger partial charge in [-0.05, 0) is 43.1 Å². The first-order valence-corrected chi connectivity index (χ1v) is 7.36. The molecule has 0 saturated carbocycles. The maximum atomic E-state index is 5.64. The van der Waals surface area contributed by atoms with Crippen molar-refractivity contribution >= 4 is 17.3 Å². The summed E-state index contributed by atoms with van der Waals surface area (Å²) in [5.74, 6) is 1.34. The molecule has 1 heterocycles. The van der Waals surface area contributed by atoms with Crippen molar-refractivity contribution in [3.05, 3.63) is 42.2 Å². The molecule has 0 spiro atoms. The Hall–Kier alpha value is -0.890. The summed E-state index contributed by atoms with van der Waals surface area (Å²) in [7, 11) is 0. The molecule has 0 bridgehead atoms. The molecule has 1 aromatic rings. The first kappa shape index (κ1) is 12.6. The molecule has 0 aromatic heterocycles. The fourth-order valence-electron chi connectivity index (χ4n) is 2.02. The van der Waals surface area contributed by atoms with Crippen molar-refractivity contribution in [2.75, 3.05) is 12.4 Å². The van der Waals surface area contributed by atoms with E-state index in [-0.39, 0.29) is 0 Å². The van der Waals surface area contributed by atoms with E-state index in [0.717, 1.165) is 11.9 Å². The molecule has 0 radical (unpaired) electrons. The van der Waals surface area contributed by atoms with Crippen LogP contribution in [0.1, 0.15) is 31.7 Å². The molecular formula is C15H20OS. The van der Waals surface area contributed by atoms with Crippen LogP contribution in [0.3, 0.4) is 0 Å². The Bertz CT molecular complexity index is 352. The van der Waals surface area contributed by atoms with E-state index in [1.54, 1.807) is 0 Å². The van der Waals surface area contributed by atoms with Crippen LogP contribution in [-0.4, -0.2) is 17.6 Å². The Morgan fingerprint density at radius 3 is 2.94 bits per heavy atom. The maximum Gasteiger partial charge on any atom is 0.0884 e. The van der Waals surface area contributed by atoms with Gasteiger partial charge >= 0.3 is 0 Å². The molecule has 2 heteroatoms. The van der Waals surface area contributed by atoms with Gasteiger partial charge in [0, 0.05) is 5.25 Å². The number of allylic oxidation sites excluding steroid dienone is 1. The molecule has 92 valence electrons. The van der Waals surface area contributed by atoms with Crippen LogP contribution in [0.5, 0.6) is 0 Å². The molecule has 1 unspecified atom stereocenters. The quantitative estimate of drug-likeness (QED) is 0.566. The van der Waals surface area contributed by atoms with Crippen LogP contribution in [0.2, 0.25) is 0 Å². The lowest BCUT2D eigenvalue weighted by molar-refractivity contribution is 0.244. The van der Waals surface area contributed by atoms with Crippen LogP contribution in [0.4, 0.5) is 0 Å². The summed E-state index contributed by atoms with van der Waals surface area (Å²) in [5, 5.41) is 0.834. The van der Waals surface area contributed by atoms with Gasteiger partial charge in [-0.3, -0.25) is 0 Å². The van der Waals surface area contributed by atoms with E-state index in [1.807, 2.05) is 12.3 Å². The van der Waals surface area contributed by atoms with Crippen molar-refractivity contribution in [2.45, 2.75) is 31.4 Å².